The number of rotatable bonds is 4. The Morgan fingerprint density at radius 1 is 1.43 bits per heavy atom. The van der Waals surface area contributed by atoms with Gasteiger partial charge >= 0.3 is 5.97 Å². The van der Waals surface area contributed by atoms with E-state index in [0.717, 1.165) is 0 Å². The van der Waals surface area contributed by atoms with Gasteiger partial charge in [0.25, 0.3) is 10.0 Å². The quantitative estimate of drug-likeness (QED) is 0.667. The Morgan fingerprint density at radius 3 is 2.65 bits per heavy atom. The first-order valence-electron chi connectivity index (χ1n) is 7.58. The van der Waals surface area contributed by atoms with Crippen molar-refractivity contribution in [1.29, 1.82) is 0 Å². The molecule has 0 aromatic carbocycles. The van der Waals surface area contributed by atoms with Crippen LogP contribution in [0.5, 0.6) is 0 Å². The molecule has 0 fully saturated rings. The first-order valence-corrected chi connectivity index (χ1v) is 9.02. The summed E-state index contributed by atoms with van der Waals surface area (Å²) in [6, 6.07) is 0. The first kappa shape index (κ1) is 17.7. The molecule has 0 amide bonds. The maximum Gasteiger partial charge on any atom is 0.342 e. The monoisotopic (exact) mass is 341 g/mol. The highest BCUT2D eigenvalue weighted by molar-refractivity contribution is 7.89. The molecule has 0 radical (unpaired) electrons. The van der Waals surface area contributed by atoms with E-state index >= 15 is 0 Å². The van der Waals surface area contributed by atoms with Gasteiger partial charge in [0.1, 0.15) is 5.56 Å². The van der Waals surface area contributed by atoms with Crippen LogP contribution in [0.25, 0.3) is 0 Å². The summed E-state index contributed by atoms with van der Waals surface area (Å²) in [6.45, 7) is 8.83. The van der Waals surface area contributed by atoms with Gasteiger partial charge in [0.15, 0.2) is 5.03 Å². The molecule has 0 atom stereocenters. The predicted octanol–water partition coefficient (Wildman–Crippen LogP) is 1.95. The molecule has 1 N–H and O–H groups in total. The molecule has 0 unspecified atom stereocenters. The predicted molar refractivity (Wildman–Crippen MR) is 85.5 cm³/mol. The highest BCUT2D eigenvalue weighted by Crippen LogP contribution is 2.31. The van der Waals surface area contributed by atoms with E-state index in [0.29, 0.717) is 13.0 Å². The van der Waals surface area contributed by atoms with Crippen molar-refractivity contribution >= 4 is 16.0 Å². The van der Waals surface area contributed by atoms with Crippen LogP contribution < -0.4 is 0 Å². The third-order valence-corrected chi connectivity index (χ3v) is 5.67. The first-order chi connectivity index (χ1) is 10.7. The summed E-state index contributed by atoms with van der Waals surface area (Å²) in [6.07, 6.45) is 3.80. The smallest absolute Gasteiger partial charge is 0.342 e. The third-order valence-electron chi connectivity index (χ3n) is 3.83. The van der Waals surface area contributed by atoms with Crippen LogP contribution in [0, 0.1) is 5.41 Å². The number of ether oxygens (including phenoxy) is 1. The Hall–Kier alpha value is -1.67. The van der Waals surface area contributed by atoms with Crippen LogP contribution in [0.3, 0.4) is 0 Å². The van der Waals surface area contributed by atoms with E-state index in [9.17, 15) is 13.2 Å². The summed E-state index contributed by atoms with van der Waals surface area (Å²) in [7, 11) is -3.81. The minimum atomic E-state index is -3.81. The van der Waals surface area contributed by atoms with Gasteiger partial charge in [-0.3, -0.25) is 5.10 Å². The van der Waals surface area contributed by atoms with Gasteiger partial charge in [0.2, 0.25) is 0 Å². The van der Waals surface area contributed by atoms with E-state index < -0.39 is 16.0 Å². The molecule has 0 saturated heterocycles. The average molecular weight is 341 g/mol. The fourth-order valence-electron chi connectivity index (χ4n) is 2.50. The summed E-state index contributed by atoms with van der Waals surface area (Å²) in [5, 5.41) is 5.91. The molecule has 8 heteroatoms. The summed E-state index contributed by atoms with van der Waals surface area (Å²) in [4.78, 5) is 11.9. The Labute approximate surface area is 136 Å². The molecule has 7 nitrogen and oxygen atoms in total. The zero-order valence-electron chi connectivity index (χ0n) is 13.9. The zero-order valence-corrected chi connectivity index (χ0v) is 14.7. The number of hydrogen-bond acceptors (Lipinski definition) is 5. The van der Waals surface area contributed by atoms with Crippen LogP contribution in [0.4, 0.5) is 0 Å². The summed E-state index contributed by atoms with van der Waals surface area (Å²) in [5.74, 6) is -0.692. The lowest BCUT2D eigenvalue weighted by Crippen LogP contribution is -2.37. The van der Waals surface area contributed by atoms with Crippen LogP contribution in [0.1, 0.15) is 44.5 Å². The van der Waals surface area contributed by atoms with Crippen LogP contribution in [-0.2, 0) is 14.8 Å². The van der Waals surface area contributed by atoms with E-state index in [1.807, 2.05) is 6.08 Å². The maximum atomic E-state index is 12.8. The van der Waals surface area contributed by atoms with E-state index in [1.165, 1.54) is 16.1 Å². The highest BCUT2D eigenvalue weighted by Gasteiger charge is 2.33. The Kier molecular flexibility index (Phi) is 4.95. The summed E-state index contributed by atoms with van der Waals surface area (Å²) < 4.78 is 31.7. The minimum Gasteiger partial charge on any atom is -0.462 e. The van der Waals surface area contributed by atoms with Crippen LogP contribution in [-0.4, -0.2) is 48.6 Å². The largest absolute Gasteiger partial charge is 0.462 e. The van der Waals surface area contributed by atoms with Crippen molar-refractivity contribution in [3.05, 3.63) is 23.4 Å². The van der Waals surface area contributed by atoms with Gasteiger partial charge in [-0.1, -0.05) is 32.4 Å². The molecule has 23 heavy (non-hydrogen) atoms. The van der Waals surface area contributed by atoms with Crippen LogP contribution >= 0.6 is 0 Å². The molecule has 1 aliphatic rings. The lowest BCUT2D eigenvalue weighted by Gasteiger charge is -2.31. The molecule has 0 spiro atoms. The van der Waals surface area contributed by atoms with Crippen molar-refractivity contribution < 1.29 is 17.9 Å². The molecule has 0 aliphatic carbocycles. The summed E-state index contributed by atoms with van der Waals surface area (Å²) in [5.41, 5.74) is 1.21. The number of aromatic amines is 1. The number of nitrogens with zero attached hydrogens (tertiary/aromatic N) is 2. The van der Waals surface area contributed by atoms with Crippen molar-refractivity contribution in [3.8, 4) is 0 Å². The van der Waals surface area contributed by atoms with Crippen molar-refractivity contribution in [2.75, 3.05) is 19.7 Å². The van der Waals surface area contributed by atoms with Crippen molar-refractivity contribution in [2.45, 2.75) is 39.1 Å². The van der Waals surface area contributed by atoms with Gasteiger partial charge in [0.05, 0.1) is 12.8 Å². The molecule has 128 valence electrons. The van der Waals surface area contributed by atoms with Crippen molar-refractivity contribution in [1.82, 2.24) is 14.5 Å². The number of nitrogens with one attached hydrogen (secondary N) is 1. The number of carbonyl (C=O) groups is 1. The second-order valence-electron chi connectivity index (χ2n) is 6.43. The number of esters is 1. The number of carbonyl (C=O) groups excluding carboxylic acids is 1. The molecular weight excluding hydrogens is 318 g/mol. The minimum absolute atomic E-state index is 0.0277. The molecule has 1 aliphatic heterocycles. The maximum absolute atomic E-state index is 12.8. The van der Waals surface area contributed by atoms with E-state index in [2.05, 4.69) is 31.0 Å². The normalized spacial score (nSPS) is 17.0. The molecular formula is C15H23N3O4S. The Morgan fingerprint density at radius 2 is 2.13 bits per heavy atom. The zero-order chi connectivity index (χ0) is 17.3. The van der Waals surface area contributed by atoms with Gasteiger partial charge < -0.3 is 4.74 Å². The van der Waals surface area contributed by atoms with Crippen LogP contribution in [0.2, 0.25) is 0 Å². The van der Waals surface area contributed by atoms with E-state index in [-0.39, 0.29) is 29.2 Å². The average Bonchev–Trinajstić information content (AvgIpc) is 2.97. The fraction of sp³-hybridized carbons (Fsp3) is 0.600. The number of aromatic nitrogens is 2. The Balaban J connectivity index is 2.26. The standard InChI is InChI=1S/C15H23N3O4S/c1-5-22-14(19)12-10-16-17-13(12)23(20,21)18-8-6-11(7-9-18)15(2,3)4/h6,10H,5,7-9H2,1-4H3,(H,16,17). The number of sulfonamides is 1. The van der Waals surface area contributed by atoms with Crippen molar-refractivity contribution in [2.24, 2.45) is 5.41 Å². The second-order valence-corrected chi connectivity index (χ2v) is 8.30. The van der Waals surface area contributed by atoms with E-state index in [1.54, 1.807) is 6.92 Å². The SMILES string of the molecule is CCOC(=O)c1cn[nH]c1S(=O)(=O)N1CC=C(C(C)(C)C)CC1. The molecule has 1 aromatic heterocycles. The molecule has 0 bridgehead atoms. The van der Waals surface area contributed by atoms with Gasteiger partial charge in [-0.25, -0.2) is 13.2 Å². The molecule has 0 saturated carbocycles. The van der Waals surface area contributed by atoms with Gasteiger partial charge in [-0.2, -0.15) is 9.40 Å². The second kappa shape index (κ2) is 6.45. The van der Waals surface area contributed by atoms with Crippen molar-refractivity contribution in [3.63, 3.8) is 0 Å². The molecule has 2 rings (SSSR count). The lowest BCUT2D eigenvalue weighted by atomic mass is 9.83. The topological polar surface area (TPSA) is 92.4 Å². The van der Waals surface area contributed by atoms with Gasteiger partial charge in [-0.15, -0.1) is 0 Å². The summed E-state index contributed by atoms with van der Waals surface area (Å²) >= 11 is 0. The van der Waals surface area contributed by atoms with Gasteiger partial charge in [0, 0.05) is 13.1 Å². The van der Waals surface area contributed by atoms with Crippen LogP contribution in [0.15, 0.2) is 22.9 Å². The van der Waals surface area contributed by atoms with E-state index in [4.69, 9.17) is 4.74 Å². The number of H-pyrrole nitrogens is 1. The molecule has 2 heterocycles. The Bertz CT molecular complexity index is 713. The third kappa shape index (κ3) is 3.64. The lowest BCUT2D eigenvalue weighted by molar-refractivity contribution is 0.0521. The highest BCUT2D eigenvalue weighted by atomic mass is 32.2. The van der Waals surface area contributed by atoms with Gasteiger partial charge in [-0.05, 0) is 18.8 Å². The fourth-order valence-corrected chi connectivity index (χ4v) is 3.95. The molecule has 1 aromatic rings. The number of hydrogen-bond donors (Lipinski definition) is 1.